The number of Topliss-reactive ketones (excluding diaryl/α,β-unsaturated/α-hetero) is 1. The second-order valence-corrected chi connectivity index (χ2v) is 8.25. The van der Waals surface area contributed by atoms with E-state index < -0.39 is 11.6 Å². The fourth-order valence-corrected chi connectivity index (χ4v) is 2.62. The number of amides is 3. The number of hydrogen-bond acceptors (Lipinski definition) is 9. The number of methoxy groups -OCH3 is 2. The number of rotatable bonds is 12. The molecule has 1 aliphatic heterocycles. The van der Waals surface area contributed by atoms with Crippen molar-refractivity contribution in [1.29, 1.82) is 0 Å². The molecule has 0 aliphatic carbocycles. The molecule has 0 aromatic carbocycles. The van der Waals surface area contributed by atoms with Crippen LogP contribution in [0.15, 0.2) is 16.9 Å². The molecular weight excluding hydrogens is 448 g/mol. The van der Waals surface area contributed by atoms with Crippen LogP contribution in [0.3, 0.4) is 0 Å². The normalized spacial score (nSPS) is 17.6. The molecule has 0 bridgehead atoms. The van der Waals surface area contributed by atoms with E-state index in [1.807, 2.05) is 20.8 Å². The van der Waals surface area contributed by atoms with Crippen LogP contribution < -0.4 is 16.0 Å². The van der Waals surface area contributed by atoms with E-state index in [1.165, 1.54) is 12.3 Å². The Hall–Kier alpha value is -2.83. The van der Waals surface area contributed by atoms with Crippen molar-refractivity contribution in [3.05, 3.63) is 18.0 Å². The van der Waals surface area contributed by atoms with Crippen LogP contribution >= 0.6 is 0 Å². The number of nitrogens with zero attached hydrogens (tertiary/aromatic N) is 1. The molecule has 3 N–H and O–H groups in total. The molecule has 0 radical (unpaired) electrons. The van der Waals surface area contributed by atoms with Crippen molar-refractivity contribution >= 4 is 24.0 Å². The first kappa shape index (κ1) is 31.2. The molecule has 1 fully saturated rings. The monoisotopic (exact) mass is 486 g/mol. The van der Waals surface area contributed by atoms with Crippen molar-refractivity contribution < 1.29 is 37.9 Å². The Morgan fingerprint density at radius 1 is 1.21 bits per heavy atom. The van der Waals surface area contributed by atoms with Gasteiger partial charge in [0.2, 0.25) is 12.3 Å². The maximum Gasteiger partial charge on any atom is 0.273 e. The van der Waals surface area contributed by atoms with Crippen LogP contribution in [-0.4, -0.2) is 87.9 Å². The van der Waals surface area contributed by atoms with Crippen LogP contribution in [-0.2, 0) is 28.6 Å². The van der Waals surface area contributed by atoms with Gasteiger partial charge in [-0.2, -0.15) is 0 Å². The van der Waals surface area contributed by atoms with Crippen molar-refractivity contribution in [3.63, 3.8) is 0 Å². The molecule has 2 rings (SSSR count). The highest BCUT2D eigenvalue weighted by Crippen LogP contribution is 2.29. The van der Waals surface area contributed by atoms with Crippen LogP contribution in [0, 0.1) is 5.92 Å². The summed E-state index contributed by atoms with van der Waals surface area (Å²) in [5.74, 6) is -0.445. The van der Waals surface area contributed by atoms with E-state index in [2.05, 4.69) is 30.4 Å². The van der Waals surface area contributed by atoms with E-state index in [0.717, 1.165) is 0 Å². The summed E-state index contributed by atoms with van der Waals surface area (Å²) in [5.41, 5.74) is -0.465. The minimum absolute atomic E-state index is 0.0331. The van der Waals surface area contributed by atoms with Gasteiger partial charge in [-0.3, -0.25) is 19.2 Å². The first-order chi connectivity index (χ1) is 16.0. The fraction of sp³-hybridized carbons (Fsp3) is 0.682. The largest absolute Gasteiger partial charge is 0.388 e. The molecule has 3 atom stereocenters. The first-order valence-corrected chi connectivity index (χ1v) is 10.8. The first-order valence-electron chi connectivity index (χ1n) is 10.8. The summed E-state index contributed by atoms with van der Waals surface area (Å²) in [5, 5.41) is 11.1. The highest BCUT2D eigenvalue weighted by Gasteiger charge is 2.50. The Morgan fingerprint density at radius 3 is 2.26 bits per heavy atom. The lowest BCUT2D eigenvalue weighted by atomic mass is 9.93. The second-order valence-electron chi connectivity index (χ2n) is 8.25. The molecule has 1 aromatic rings. The lowest BCUT2D eigenvalue weighted by Crippen LogP contribution is -2.48. The molecule has 12 heteroatoms. The van der Waals surface area contributed by atoms with Gasteiger partial charge in [0.1, 0.15) is 11.9 Å². The molecule has 3 unspecified atom stereocenters. The number of ketones is 1. The quantitative estimate of drug-likeness (QED) is 0.279. The predicted molar refractivity (Wildman–Crippen MR) is 123 cm³/mol. The molecule has 3 amide bonds. The van der Waals surface area contributed by atoms with Crippen molar-refractivity contribution in [1.82, 2.24) is 21.1 Å². The van der Waals surface area contributed by atoms with Crippen molar-refractivity contribution in [3.8, 4) is 0 Å². The molecule has 194 valence electrons. The fourth-order valence-electron chi connectivity index (χ4n) is 2.62. The van der Waals surface area contributed by atoms with Crippen molar-refractivity contribution in [2.24, 2.45) is 5.92 Å². The maximum absolute atomic E-state index is 12.1. The summed E-state index contributed by atoms with van der Waals surface area (Å²) in [6.07, 6.45) is 2.37. The number of carbonyl (C=O) groups excluding carboxylic acids is 4. The molecule has 1 saturated heterocycles. The highest BCUT2D eigenvalue weighted by atomic mass is 16.6. The van der Waals surface area contributed by atoms with E-state index in [9.17, 15) is 19.2 Å². The summed E-state index contributed by atoms with van der Waals surface area (Å²) < 4.78 is 18.8. The molecule has 1 aromatic heterocycles. The smallest absolute Gasteiger partial charge is 0.273 e. The Bertz CT molecular complexity index is 735. The maximum atomic E-state index is 12.1. The Balaban J connectivity index is 0.000000597. The molecule has 1 aliphatic rings. The zero-order valence-corrected chi connectivity index (χ0v) is 21.0. The van der Waals surface area contributed by atoms with Crippen molar-refractivity contribution in [2.75, 3.05) is 41.1 Å². The van der Waals surface area contributed by atoms with E-state index in [4.69, 9.17) is 9.47 Å². The molecule has 34 heavy (non-hydrogen) atoms. The van der Waals surface area contributed by atoms with Gasteiger partial charge in [0, 0.05) is 33.4 Å². The Kier molecular flexibility index (Phi) is 15.3. The zero-order valence-electron chi connectivity index (χ0n) is 21.0. The van der Waals surface area contributed by atoms with Gasteiger partial charge in [-0.15, -0.1) is 0 Å². The van der Waals surface area contributed by atoms with E-state index >= 15 is 0 Å². The SMILES string of the molecule is CC(C)CC(NC(=O)CNC=O)C(=O)C1(C)CO1.COC.COCC(C)NC(=O)c1ccon1. The summed E-state index contributed by atoms with van der Waals surface area (Å²) in [7, 11) is 4.83. The third-order valence-electron chi connectivity index (χ3n) is 4.27. The van der Waals surface area contributed by atoms with E-state index in [-0.39, 0.29) is 41.8 Å². The lowest BCUT2D eigenvalue weighted by Gasteiger charge is -2.21. The highest BCUT2D eigenvalue weighted by molar-refractivity contribution is 5.96. The van der Waals surface area contributed by atoms with Gasteiger partial charge in [-0.25, -0.2) is 0 Å². The lowest BCUT2D eigenvalue weighted by molar-refractivity contribution is -0.130. The number of aromatic nitrogens is 1. The Morgan fingerprint density at radius 2 is 1.82 bits per heavy atom. The number of epoxide rings is 1. The average molecular weight is 487 g/mol. The molecule has 0 spiro atoms. The number of ether oxygens (including phenoxy) is 3. The third kappa shape index (κ3) is 13.0. The predicted octanol–water partition coefficient (Wildman–Crippen LogP) is 0.323. The van der Waals surface area contributed by atoms with Crippen LogP contribution in [0.25, 0.3) is 0 Å². The minimum atomic E-state index is -0.745. The van der Waals surface area contributed by atoms with Gasteiger partial charge >= 0.3 is 0 Å². The van der Waals surface area contributed by atoms with Gasteiger partial charge in [-0.1, -0.05) is 19.0 Å². The molecule has 12 nitrogen and oxygen atoms in total. The van der Waals surface area contributed by atoms with E-state index in [1.54, 1.807) is 28.3 Å². The second kappa shape index (κ2) is 16.7. The van der Waals surface area contributed by atoms with Crippen LogP contribution in [0.2, 0.25) is 0 Å². The van der Waals surface area contributed by atoms with Gasteiger partial charge in [-0.05, 0) is 26.2 Å². The number of nitrogens with one attached hydrogen (secondary N) is 3. The number of carbonyl (C=O) groups is 4. The average Bonchev–Trinajstić information content (AvgIpc) is 3.28. The van der Waals surface area contributed by atoms with Crippen LogP contribution in [0.5, 0.6) is 0 Å². The Labute approximate surface area is 200 Å². The summed E-state index contributed by atoms with van der Waals surface area (Å²) in [6, 6.07) is 0.919. The summed E-state index contributed by atoms with van der Waals surface area (Å²) in [4.78, 5) is 45.1. The molecular formula is C22H38N4O8. The molecule has 0 saturated carbocycles. The minimum Gasteiger partial charge on any atom is -0.388 e. The summed E-state index contributed by atoms with van der Waals surface area (Å²) >= 11 is 0. The molecule has 2 heterocycles. The van der Waals surface area contributed by atoms with Crippen LogP contribution in [0.4, 0.5) is 0 Å². The van der Waals surface area contributed by atoms with Gasteiger partial charge in [0.25, 0.3) is 5.91 Å². The zero-order chi connectivity index (χ0) is 26.1. The van der Waals surface area contributed by atoms with Gasteiger partial charge in [0.15, 0.2) is 11.5 Å². The van der Waals surface area contributed by atoms with Gasteiger partial charge in [0.05, 0.1) is 25.8 Å². The van der Waals surface area contributed by atoms with E-state index in [0.29, 0.717) is 26.0 Å². The van der Waals surface area contributed by atoms with Crippen LogP contribution in [0.1, 0.15) is 44.6 Å². The standard InChI is InChI=1S/C12H20N2O4.C8H12N2O3.C2H6O/c1-8(2)4-9(11(17)12(3)6-18-12)14-10(16)5-13-7-15;1-6(5-12-2)9-8(11)7-3-4-13-10-7;1-3-2/h7-9H,4-6H2,1-3H3,(H,13,15)(H,14,16);3-4,6H,5H2,1-2H3,(H,9,11);1-2H3. The number of hydrogen-bond donors (Lipinski definition) is 3. The third-order valence-corrected chi connectivity index (χ3v) is 4.27. The van der Waals surface area contributed by atoms with Gasteiger partial charge < -0.3 is 34.7 Å². The topological polar surface area (TPSA) is 161 Å². The van der Waals surface area contributed by atoms with Crippen molar-refractivity contribution in [2.45, 2.75) is 51.8 Å². The summed E-state index contributed by atoms with van der Waals surface area (Å²) in [6.45, 7) is 8.29.